The quantitative estimate of drug-likeness (QED) is 0.699. The van der Waals surface area contributed by atoms with Crippen LogP contribution in [0, 0.1) is 18.3 Å². The largest absolute Gasteiger partial charge is 0.340 e. The average molecular weight is 256 g/mol. The monoisotopic (exact) mass is 256 g/mol. The molecule has 0 radical (unpaired) electrons. The average Bonchev–Trinajstić information content (AvgIpc) is 2.50. The smallest absolute Gasteiger partial charge is 0.210 e. The predicted octanol–water partition coefficient (Wildman–Crippen LogP) is -0.417. The van der Waals surface area contributed by atoms with Gasteiger partial charge in [0.15, 0.2) is 0 Å². The highest BCUT2D eigenvalue weighted by Gasteiger charge is 2.08. The zero-order valence-corrected chi connectivity index (χ0v) is 10.7. The number of aromatic nitrogens is 1. The van der Waals surface area contributed by atoms with E-state index in [1.54, 1.807) is 10.6 Å². The van der Waals surface area contributed by atoms with Gasteiger partial charge in [0.05, 0.1) is 5.75 Å². The highest BCUT2D eigenvalue weighted by atomic mass is 32.2. The molecule has 0 spiro atoms. The van der Waals surface area contributed by atoms with E-state index in [2.05, 4.69) is 11.4 Å². The van der Waals surface area contributed by atoms with E-state index < -0.39 is 10.0 Å². The molecule has 6 nitrogen and oxygen atoms in total. The first kappa shape index (κ1) is 13.7. The van der Waals surface area contributed by atoms with Gasteiger partial charge in [-0.1, -0.05) is 0 Å². The Labute approximate surface area is 101 Å². The number of hydrogen-bond donors (Lipinski definition) is 2. The molecule has 0 amide bonds. The maximum atomic E-state index is 10.7. The lowest BCUT2D eigenvalue weighted by molar-refractivity contribution is 0.592. The zero-order valence-electron chi connectivity index (χ0n) is 9.90. The van der Waals surface area contributed by atoms with Gasteiger partial charge in [-0.3, -0.25) is 0 Å². The molecule has 0 aliphatic rings. The maximum absolute atomic E-state index is 10.7. The van der Waals surface area contributed by atoms with Crippen LogP contribution in [0.15, 0.2) is 6.07 Å². The lowest BCUT2D eigenvalue weighted by atomic mass is 10.2. The number of nitriles is 1. The van der Waals surface area contributed by atoms with E-state index in [9.17, 15) is 8.42 Å². The Kier molecular flexibility index (Phi) is 4.28. The number of nitrogens with zero attached hydrogens (tertiary/aromatic N) is 2. The molecule has 0 aromatic carbocycles. The summed E-state index contributed by atoms with van der Waals surface area (Å²) in [6, 6.07) is 3.88. The van der Waals surface area contributed by atoms with Crippen molar-refractivity contribution in [1.82, 2.24) is 9.88 Å². The van der Waals surface area contributed by atoms with E-state index in [0.29, 0.717) is 18.8 Å². The van der Waals surface area contributed by atoms with Gasteiger partial charge in [0.2, 0.25) is 10.0 Å². The first-order valence-corrected chi connectivity index (χ1v) is 6.83. The summed E-state index contributed by atoms with van der Waals surface area (Å²) >= 11 is 0. The minimum absolute atomic E-state index is 0.0933. The van der Waals surface area contributed by atoms with Gasteiger partial charge in [0.25, 0.3) is 0 Å². The molecule has 94 valence electrons. The molecule has 0 aliphatic carbocycles. The summed E-state index contributed by atoms with van der Waals surface area (Å²) in [4.78, 5) is 0. The van der Waals surface area contributed by atoms with Gasteiger partial charge >= 0.3 is 0 Å². The molecule has 3 N–H and O–H groups in total. The number of primary sulfonamides is 1. The lowest BCUT2D eigenvalue weighted by Gasteiger charge is -2.04. The van der Waals surface area contributed by atoms with Gasteiger partial charge in [0.1, 0.15) is 11.8 Å². The number of rotatable bonds is 5. The zero-order chi connectivity index (χ0) is 13.1. The van der Waals surface area contributed by atoms with Crippen LogP contribution in [0.4, 0.5) is 0 Å². The maximum Gasteiger partial charge on any atom is 0.210 e. The Morgan fingerprint density at radius 1 is 1.59 bits per heavy atom. The summed E-state index contributed by atoms with van der Waals surface area (Å²) in [5, 5.41) is 16.7. The summed E-state index contributed by atoms with van der Waals surface area (Å²) in [5.74, 6) is -0.0933. The summed E-state index contributed by atoms with van der Waals surface area (Å²) in [6.07, 6.45) is 0. The van der Waals surface area contributed by atoms with Crippen molar-refractivity contribution >= 4 is 10.0 Å². The molecule has 1 aromatic heterocycles. The van der Waals surface area contributed by atoms with Crippen LogP contribution in [0.1, 0.15) is 17.0 Å². The third-order valence-corrected chi connectivity index (χ3v) is 3.41. The van der Waals surface area contributed by atoms with Crippen molar-refractivity contribution in [2.75, 3.05) is 12.3 Å². The lowest BCUT2D eigenvalue weighted by Crippen LogP contribution is -2.26. The van der Waals surface area contributed by atoms with Gasteiger partial charge in [0, 0.05) is 25.8 Å². The van der Waals surface area contributed by atoms with Gasteiger partial charge in [-0.2, -0.15) is 5.26 Å². The molecular formula is C10H16N4O2S. The van der Waals surface area contributed by atoms with Crippen LogP contribution in [0.25, 0.3) is 0 Å². The molecule has 0 unspecified atom stereocenters. The molecule has 0 fully saturated rings. The first-order valence-electron chi connectivity index (χ1n) is 5.11. The number of hydrogen-bond acceptors (Lipinski definition) is 4. The van der Waals surface area contributed by atoms with Crippen LogP contribution in [0.2, 0.25) is 0 Å². The molecule has 0 saturated carbocycles. The molecule has 0 atom stereocenters. The van der Waals surface area contributed by atoms with Crippen molar-refractivity contribution in [3.8, 4) is 6.07 Å². The Morgan fingerprint density at radius 2 is 2.24 bits per heavy atom. The van der Waals surface area contributed by atoms with Crippen LogP contribution in [-0.2, 0) is 23.6 Å². The molecule has 0 aliphatic heterocycles. The second kappa shape index (κ2) is 5.31. The first-order chi connectivity index (χ1) is 7.85. The second-order valence-corrected chi connectivity index (χ2v) is 5.59. The highest BCUT2D eigenvalue weighted by molar-refractivity contribution is 7.89. The van der Waals surface area contributed by atoms with Crippen LogP contribution >= 0.6 is 0 Å². The molecule has 7 heteroatoms. The Hall–Kier alpha value is -1.36. The Balaban J connectivity index is 2.57. The normalized spacial score (nSPS) is 11.4. The third-order valence-electron chi connectivity index (χ3n) is 2.63. The summed E-state index contributed by atoms with van der Waals surface area (Å²) in [7, 11) is -1.60. The van der Waals surface area contributed by atoms with Gasteiger partial charge < -0.3 is 9.88 Å². The third kappa shape index (κ3) is 3.85. The van der Waals surface area contributed by atoms with E-state index in [4.69, 9.17) is 10.4 Å². The van der Waals surface area contributed by atoms with Crippen molar-refractivity contribution in [2.24, 2.45) is 12.2 Å². The standard InChI is InChI=1S/C10H16N4O2S/c1-8-9(5-10(6-11)14(8)2)7-13-3-4-17(12,15)16/h5,13H,3-4,7H2,1-2H3,(H2,12,15,16). The van der Waals surface area contributed by atoms with E-state index in [1.165, 1.54) is 0 Å². The molecule has 0 saturated heterocycles. The molecule has 0 bridgehead atoms. The molecule has 17 heavy (non-hydrogen) atoms. The molecule has 1 heterocycles. The Morgan fingerprint density at radius 3 is 2.71 bits per heavy atom. The highest BCUT2D eigenvalue weighted by Crippen LogP contribution is 2.12. The van der Waals surface area contributed by atoms with E-state index in [1.807, 2.05) is 14.0 Å². The molecule has 1 rings (SSSR count). The number of nitrogens with two attached hydrogens (primary N) is 1. The fraction of sp³-hybridized carbons (Fsp3) is 0.500. The summed E-state index contributed by atoms with van der Waals surface area (Å²) in [5.41, 5.74) is 2.56. The predicted molar refractivity (Wildman–Crippen MR) is 64.5 cm³/mol. The van der Waals surface area contributed by atoms with Crippen LogP contribution in [-0.4, -0.2) is 25.3 Å². The second-order valence-electron chi connectivity index (χ2n) is 3.85. The van der Waals surface area contributed by atoms with Gasteiger partial charge in [-0.15, -0.1) is 0 Å². The minimum Gasteiger partial charge on any atom is -0.340 e. The molecular weight excluding hydrogens is 240 g/mol. The van der Waals surface area contributed by atoms with Crippen LogP contribution in [0.3, 0.4) is 0 Å². The SMILES string of the molecule is Cc1c(CNCCS(N)(=O)=O)cc(C#N)n1C. The van der Waals surface area contributed by atoms with Crippen molar-refractivity contribution < 1.29 is 8.42 Å². The fourth-order valence-electron chi connectivity index (χ4n) is 1.49. The minimum atomic E-state index is -3.42. The molecule has 1 aromatic rings. The topological polar surface area (TPSA) is 101 Å². The summed E-state index contributed by atoms with van der Waals surface area (Å²) < 4.78 is 23.2. The number of sulfonamides is 1. The van der Waals surface area contributed by atoms with Crippen LogP contribution in [0.5, 0.6) is 0 Å². The van der Waals surface area contributed by atoms with Crippen LogP contribution < -0.4 is 10.5 Å². The van der Waals surface area contributed by atoms with E-state index >= 15 is 0 Å². The Bertz CT molecular complexity index is 539. The van der Waals surface area contributed by atoms with Gasteiger partial charge in [-0.05, 0) is 18.6 Å². The van der Waals surface area contributed by atoms with Gasteiger partial charge in [-0.25, -0.2) is 13.6 Å². The van der Waals surface area contributed by atoms with E-state index in [-0.39, 0.29) is 5.75 Å². The fourth-order valence-corrected chi connectivity index (χ4v) is 1.91. The summed E-state index contributed by atoms with van der Waals surface area (Å²) in [6.45, 7) is 2.74. The number of nitrogens with one attached hydrogen (secondary N) is 1. The van der Waals surface area contributed by atoms with Crippen molar-refractivity contribution in [2.45, 2.75) is 13.5 Å². The van der Waals surface area contributed by atoms with Crippen molar-refractivity contribution in [3.05, 3.63) is 23.0 Å². The van der Waals surface area contributed by atoms with Crippen molar-refractivity contribution in [3.63, 3.8) is 0 Å². The van der Waals surface area contributed by atoms with Crippen molar-refractivity contribution in [1.29, 1.82) is 5.26 Å². The van der Waals surface area contributed by atoms with E-state index in [0.717, 1.165) is 11.3 Å².